The van der Waals surface area contributed by atoms with Gasteiger partial charge in [-0.15, -0.1) is 0 Å². The third-order valence-corrected chi connectivity index (χ3v) is 4.78. The quantitative estimate of drug-likeness (QED) is 0.576. The molecule has 0 aromatic heterocycles. The van der Waals surface area contributed by atoms with Crippen molar-refractivity contribution in [3.63, 3.8) is 0 Å². The Morgan fingerprint density at radius 2 is 1.86 bits per heavy atom. The predicted octanol–water partition coefficient (Wildman–Crippen LogP) is 1.62. The van der Waals surface area contributed by atoms with Crippen LogP contribution < -0.4 is 9.47 Å². The third kappa shape index (κ3) is 7.93. The van der Waals surface area contributed by atoms with E-state index in [1.807, 2.05) is 32.0 Å². The fourth-order valence-corrected chi connectivity index (χ4v) is 3.23. The molecule has 0 saturated carbocycles. The van der Waals surface area contributed by atoms with E-state index in [2.05, 4.69) is 9.80 Å². The predicted molar refractivity (Wildman–Crippen MR) is 109 cm³/mol. The van der Waals surface area contributed by atoms with Gasteiger partial charge in [0.05, 0.1) is 46.2 Å². The molecule has 1 saturated heterocycles. The normalized spacial score (nSPS) is 16.5. The highest BCUT2D eigenvalue weighted by Crippen LogP contribution is 2.28. The molecule has 2 rings (SSSR count). The number of aliphatic hydroxyl groups is 1. The molecule has 7 nitrogen and oxygen atoms in total. The van der Waals surface area contributed by atoms with Crippen LogP contribution in [0, 0.1) is 0 Å². The Morgan fingerprint density at radius 3 is 2.50 bits per heavy atom. The number of benzene rings is 1. The van der Waals surface area contributed by atoms with E-state index in [0.717, 1.165) is 63.0 Å². The lowest BCUT2D eigenvalue weighted by Crippen LogP contribution is -2.43. The van der Waals surface area contributed by atoms with Gasteiger partial charge in [-0.25, -0.2) is 0 Å². The number of methoxy groups -OCH3 is 2. The van der Waals surface area contributed by atoms with Gasteiger partial charge < -0.3 is 24.1 Å². The molecule has 1 heterocycles. The maximum Gasteiger partial charge on any atom is 0.161 e. The van der Waals surface area contributed by atoms with Crippen LogP contribution in [0.5, 0.6) is 11.5 Å². The van der Waals surface area contributed by atoms with Gasteiger partial charge in [-0.05, 0) is 31.5 Å². The Bertz CT molecular complexity index is 564. The molecule has 1 aliphatic heterocycles. The number of rotatable bonds is 12. The first kappa shape index (κ1) is 22.9. The first-order valence-electron chi connectivity index (χ1n) is 10.0. The smallest absolute Gasteiger partial charge is 0.161 e. The molecule has 7 heteroatoms. The topological polar surface area (TPSA) is 63.6 Å². The summed E-state index contributed by atoms with van der Waals surface area (Å²) in [6.07, 6.45) is -0.408. The third-order valence-electron chi connectivity index (χ3n) is 4.78. The molecular weight excluding hydrogens is 360 g/mol. The standard InChI is InChI=1S/C21H36N2O5/c1-17(2)28-16-19(24)15-23(8-7-22-9-11-27-12-10-22)14-18-5-6-20(25-3)21(13-18)26-4/h5-6,13,17,19,24H,7-12,14-16H2,1-4H3/t19-/m1/s1. The van der Waals surface area contributed by atoms with Gasteiger partial charge >= 0.3 is 0 Å². The summed E-state index contributed by atoms with van der Waals surface area (Å²) >= 11 is 0. The molecule has 0 spiro atoms. The van der Waals surface area contributed by atoms with Gasteiger partial charge in [0.25, 0.3) is 0 Å². The number of nitrogens with zero attached hydrogens (tertiary/aromatic N) is 2. The monoisotopic (exact) mass is 396 g/mol. The lowest BCUT2D eigenvalue weighted by Gasteiger charge is -2.31. The number of morpholine rings is 1. The summed E-state index contributed by atoms with van der Waals surface area (Å²) in [5.41, 5.74) is 1.12. The molecule has 0 aliphatic carbocycles. The van der Waals surface area contributed by atoms with Crippen molar-refractivity contribution < 1.29 is 24.1 Å². The van der Waals surface area contributed by atoms with Crippen LogP contribution in [-0.4, -0.2) is 93.9 Å². The van der Waals surface area contributed by atoms with Crippen molar-refractivity contribution in [1.82, 2.24) is 9.80 Å². The summed E-state index contributed by atoms with van der Waals surface area (Å²) in [5, 5.41) is 10.4. The summed E-state index contributed by atoms with van der Waals surface area (Å²) < 4.78 is 21.8. The second-order valence-corrected chi connectivity index (χ2v) is 7.41. The van der Waals surface area contributed by atoms with Crippen molar-refractivity contribution >= 4 is 0 Å². The van der Waals surface area contributed by atoms with Gasteiger partial charge in [-0.2, -0.15) is 0 Å². The molecule has 1 aromatic carbocycles. The molecule has 0 bridgehead atoms. The first-order chi connectivity index (χ1) is 13.5. The molecule has 28 heavy (non-hydrogen) atoms. The summed E-state index contributed by atoms with van der Waals surface area (Å²) in [5.74, 6) is 1.44. The molecule has 0 radical (unpaired) electrons. The second-order valence-electron chi connectivity index (χ2n) is 7.41. The number of hydrogen-bond acceptors (Lipinski definition) is 7. The highest BCUT2D eigenvalue weighted by atomic mass is 16.5. The average molecular weight is 397 g/mol. The van der Waals surface area contributed by atoms with Crippen molar-refractivity contribution in [2.24, 2.45) is 0 Å². The molecule has 160 valence electrons. The van der Waals surface area contributed by atoms with Gasteiger partial charge in [-0.1, -0.05) is 6.07 Å². The van der Waals surface area contributed by atoms with Crippen LogP contribution in [0.15, 0.2) is 18.2 Å². The summed E-state index contributed by atoms with van der Waals surface area (Å²) in [6, 6.07) is 5.96. The molecule has 1 aliphatic rings. The Labute approximate surface area is 169 Å². The minimum absolute atomic E-state index is 0.113. The summed E-state index contributed by atoms with van der Waals surface area (Å²) in [7, 11) is 3.28. The van der Waals surface area contributed by atoms with E-state index in [1.54, 1.807) is 14.2 Å². The van der Waals surface area contributed by atoms with E-state index in [9.17, 15) is 5.11 Å². The molecule has 0 amide bonds. The lowest BCUT2D eigenvalue weighted by molar-refractivity contribution is -0.0129. The largest absolute Gasteiger partial charge is 0.493 e. The fraction of sp³-hybridized carbons (Fsp3) is 0.714. The van der Waals surface area contributed by atoms with Gasteiger partial charge in [0, 0.05) is 39.3 Å². The van der Waals surface area contributed by atoms with Crippen LogP contribution in [0.25, 0.3) is 0 Å². The molecular formula is C21H36N2O5. The maximum absolute atomic E-state index is 10.4. The Hall–Kier alpha value is -1.38. The minimum Gasteiger partial charge on any atom is -0.493 e. The van der Waals surface area contributed by atoms with Crippen molar-refractivity contribution in [3.05, 3.63) is 23.8 Å². The van der Waals surface area contributed by atoms with Crippen molar-refractivity contribution in [2.75, 3.05) is 66.8 Å². The molecule has 1 N–H and O–H groups in total. The minimum atomic E-state index is -0.521. The van der Waals surface area contributed by atoms with Gasteiger partial charge in [0.1, 0.15) is 0 Å². The molecule has 1 atom stereocenters. The average Bonchev–Trinajstić information content (AvgIpc) is 2.71. The highest BCUT2D eigenvalue weighted by molar-refractivity contribution is 5.42. The summed E-state index contributed by atoms with van der Waals surface area (Å²) in [4.78, 5) is 4.67. The lowest BCUT2D eigenvalue weighted by atomic mass is 10.1. The van der Waals surface area contributed by atoms with Crippen LogP contribution in [0.2, 0.25) is 0 Å². The SMILES string of the molecule is COc1ccc(CN(CCN2CCOCC2)C[C@@H](O)COC(C)C)cc1OC. The number of hydrogen-bond donors (Lipinski definition) is 1. The molecule has 1 aromatic rings. The second kappa shape index (κ2) is 12.2. The Kier molecular flexibility index (Phi) is 10.0. The fourth-order valence-electron chi connectivity index (χ4n) is 3.23. The van der Waals surface area contributed by atoms with Crippen molar-refractivity contribution in [1.29, 1.82) is 0 Å². The zero-order valence-electron chi connectivity index (χ0n) is 17.7. The zero-order valence-corrected chi connectivity index (χ0v) is 17.7. The van der Waals surface area contributed by atoms with Crippen molar-refractivity contribution in [2.45, 2.75) is 32.6 Å². The van der Waals surface area contributed by atoms with Gasteiger partial charge in [0.15, 0.2) is 11.5 Å². The van der Waals surface area contributed by atoms with Crippen LogP contribution in [0.4, 0.5) is 0 Å². The Morgan fingerprint density at radius 1 is 1.14 bits per heavy atom. The van der Waals surface area contributed by atoms with E-state index in [4.69, 9.17) is 18.9 Å². The number of aliphatic hydroxyl groups excluding tert-OH is 1. The van der Waals surface area contributed by atoms with Crippen LogP contribution in [0.3, 0.4) is 0 Å². The number of ether oxygens (including phenoxy) is 4. The Balaban J connectivity index is 1.99. The van der Waals surface area contributed by atoms with E-state index in [1.165, 1.54) is 0 Å². The maximum atomic E-state index is 10.4. The highest BCUT2D eigenvalue weighted by Gasteiger charge is 2.17. The van der Waals surface area contributed by atoms with E-state index >= 15 is 0 Å². The van der Waals surface area contributed by atoms with E-state index in [-0.39, 0.29) is 6.10 Å². The zero-order chi connectivity index (χ0) is 20.4. The van der Waals surface area contributed by atoms with Crippen LogP contribution >= 0.6 is 0 Å². The van der Waals surface area contributed by atoms with Crippen LogP contribution in [0.1, 0.15) is 19.4 Å². The molecule has 0 unspecified atom stereocenters. The van der Waals surface area contributed by atoms with E-state index < -0.39 is 6.10 Å². The summed E-state index contributed by atoms with van der Waals surface area (Å²) in [6.45, 7) is 10.9. The van der Waals surface area contributed by atoms with Crippen molar-refractivity contribution in [3.8, 4) is 11.5 Å². The van der Waals surface area contributed by atoms with Crippen LogP contribution in [-0.2, 0) is 16.0 Å². The van der Waals surface area contributed by atoms with Gasteiger partial charge in [-0.3, -0.25) is 9.80 Å². The van der Waals surface area contributed by atoms with Gasteiger partial charge in [0.2, 0.25) is 0 Å². The van der Waals surface area contributed by atoms with E-state index in [0.29, 0.717) is 13.2 Å². The first-order valence-corrected chi connectivity index (χ1v) is 10.0. The molecule has 1 fully saturated rings.